The predicted molar refractivity (Wildman–Crippen MR) is 86.8 cm³/mol. The van der Waals surface area contributed by atoms with Crippen LogP contribution in [0.1, 0.15) is 32.6 Å². The van der Waals surface area contributed by atoms with Crippen molar-refractivity contribution in [1.82, 2.24) is 0 Å². The van der Waals surface area contributed by atoms with Gasteiger partial charge in [0, 0.05) is 24.9 Å². The molecule has 4 aliphatic carbocycles. The number of nitrogens with zero attached hydrogens (tertiary/aromatic N) is 1. The maximum Gasteiger partial charge on any atom is 0.216 e. The van der Waals surface area contributed by atoms with E-state index in [-0.39, 0.29) is 5.41 Å². The number of hydrogen-bond donors (Lipinski definition) is 1. The molecule has 0 heterocycles. The first-order chi connectivity index (χ1) is 11.0. The first kappa shape index (κ1) is 15.0. The van der Waals surface area contributed by atoms with E-state index in [0.717, 1.165) is 25.7 Å². The molecular weight excluding hydrogens is 288 g/mol. The van der Waals surface area contributed by atoms with Crippen LogP contribution in [0, 0.1) is 34.6 Å². The largest absolute Gasteiger partial charge is 0.349 e. The summed E-state index contributed by atoms with van der Waals surface area (Å²) >= 11 is 0. The second kappa shape index (κ2) is 4.97. The third-order valence-electron chi connectivity index (χ3n) is 6.87. The number of fused-ring (bicyclic) bond motifs is 5. The fourth-order valence-corrected chi connectivity index (χ4v) is 5.44. The van der Waals surface area contributed by atoms with Gasteiger partial charge >= 0.3 is 0 Å². The quantitative estimate of drug-likeness (QED) is 0.617. The van der Waals surface area contributed by atoms with Crippen LogP contribution in [-0.4, -0.2) is 18.6 Å². The minimum absolute atomic E-state index is 0.0993. The number of hydrogen-bond acceptors (Lipinski definition) is 4. The van der Waals surface area contributed by atoms with E-state index in [0.29, 0.717) is 29.5 Å². The molecule has 2 saturated carbocycles. The molecule has 4 aliphatic rings. The van der Waals surface area contributed by atoms with Crippen LogP contribution in [0.15, 0.2) is 41.1 Å². The van der Waals surface area contributed by atoms with E-state index in [9.17, 15) is 4.79 Å². The average molecular weight is 312 g/mol. The van der Waals surface area contributed by atoms with Crippen LogP contribution in [0.2, 0.25) is 0 Å². The molecular formula is C19H24N2O2. The van der Waals surface area contributed by atoms with Gasteiger partial charge in [0.25, 0.3) is 0 Å². The van der Waals surface area contributed by atoms with Crippen molar-refractivity contribution < 1.29 is 9.53 Å². The van der Waals surface area contributed by atoms with Crippen LogP contribution in [-0.2, 0) is 9.53 Å². The number of ether oxygens (including phenoxy) is 1. The molecule has 6 atom stereocenters. The number of rotatable bonds is 2. The van der Waals surface area contributed by atoms with Crippen molar-refractivity contribution in [2.75, 3.05) is 7.11 Å². The summed E-state index contributed by atoms with van der Waals surface area (Å²) in [7, 11) is 1.59. The highest BCUT2D eigenvalue weighted by Gasteiger charge is 2.55. The normalized spacial score (nSPS) is 47.6. The van der Waals surface area contributed by atoms with Crippen molar-refractivity contribution in [1.29, 1.82) is 5.53 Å². The summed E-state index contributed by atoms with van der Waals surface area (Å²) < 4.78 is 5.42. The summed E-state index contributed by atoms with van der Waals surface area (Å²) in [4.78, 5) is 12.4. The first-order valence-corrected chi connectivity index (χ1v) is 8.60. The highest BCUT2D eigenvalue weighted by molar-refractivity contribution is 5.87. The lowest BCUT2D eigenvalue weighted by molar-refractivity contribution is -0.129. The van der Waals surface area contributed by atoms with Crippen molar-refractivity contribution in [3.63, 3.8) is 0 Å². The summed E-state index contributed by atoms with van der Waals surface area (Å²) in [6.07, 6.45) is 14.5. The fourth-order valence-electron chi connectivity index (χ4n) is 5.44. The minimum atomic E-state index is -0.935. The third kappa shape index (κ3) is 1.97. The number of ketones is 1. The van der Waals surface area contributed by atoms with Gasteiger partial charge in [-0.05, 0) is 54.7 Å². The molecule has 0 radical (unpaired) electrons. The van der Waals surface area contributed by atoms with Gasteiger partial charge in [-0.2, -0.15) is 5.11 Å². The number of nitrogens with one attached hydrogen (secondary N) is 1. The standard InChI is InChI=1S/C19H24N2O2/c1-18-9-7-14-13-8-10-19(21-20,23-2)11-12(13)3-4-15(14)16(18)5-6-17(18)22/h3-4,8,10-11,13-16,20H,5-7,9H2,1-2H3/t13?,14?,15?,16?,18-,19?/m0/s1. The summed E-state index contributed by atoms with van der Waals surface area (Å²) in [5, 5.41) is 3.65. The summed E-state index contributed by atoms with van der Waals surface area (Å²) in [6, 6.07) is 0. The summed E-state index contributed by atoms with van der Waals surface area (Å²) in [5.74, 6) is 2.40. The molecule has 23 heavy (non-hydrogen) atoms. The highest BCUT2D eigenvalue weighted by Crippen LogP contribution is 2.58. The Labute approximate surface area is 137 Å². The Bertz CT molecular complexity index is 650. The monoisotopic (exact) mass is 312 g/mol. The van der Waals surface area contributed by atoms with Crippen molar-refractivity contribution in [2.45, 2.75) is 38.3 Å². The van der Waals surface area contributed by atoms with Gasteiger partial charge in [0.05, 0.1) is 0 Å². The Morgan fingerprint density at radius 3 is 2.91 bits per heavy atom. The zero-order valence-corrected chi connectivity index (χ0v) is 13.8. The van der Waals surface area contributed by atoms with E-state index in [4.69, 9.17) is 10.3 Å². The number of methoxy groups -OCH3 is 1. The highest BCUT2D eigenvalue weighted by atomic mass is 16.5. The second-order valence-corrected chi connectivity index (χ2v) is 7.72. The molecule has 0 aromatic carbocycles. The number of carbonyl (C=O) groups excluding carboxylic acids is 1. The van der Waals surface area contributed by atoms with Crippen molar-refractivity contribution in [2.24, 2.45) is 34.2 Å². The smallest absolute Gasteiger partial charge is 0.216 e. The second-order valence-electron chi connectivity index (χ2n) is 7.72. The molecule has 1 N–H and O–H groups in total. The van der Waals surface area contributed by atoms with Crippen LogP contribution in [0.3, 0.4) is 0 Å². The Morgan fingerprint density at radius 2 is 2.17 bits per heavy atom. The summed E-state index contributed by atoms with van der Waals surface area (Å²) in [6.45, 7) is 2.19. The topological polar surface area (TPSA) is 62.5 Å². The molecule has 4 heteroatoms. The van der Waals surface area contributed by atoms with Crippen molar-refractivity contribution in [3.05, 3.63) is 36.0 Å². The molecule has 122 valence electrons. The van der Waals surface area contributed by atoms with Gasteiger partial charge in [-0.25, -0.2) is 5.53 Å². The Hall–Kier alpha value is -1.55. The van der Waals surface area contributed by atoms with Gasteiger partial charge in [0.1, 0.15) is 5.78 Å². The van der Waals surface area contributed by atoms with Crippen LogP contribution in [0.25, 0.3) is 0 Å². The van der Waals surface area contributed by atoms with E-state index in [2.05, 4.69) is 30.3 Å². The lowest BCUT2D eigenvalue weighted by Gasteiger charge is -2.49. The Morgan fingerprint density at radius 1 is 1.35 bits per heavy atom. The van der Waals surface area contributed by atoms with Gasteiger partial charge in [0.15, 0.2) is 0 Å². The molecule has 4 nitrogen and oxygen atoms in total. The van der Waals surface area contributed by atoms with Gasteiger partial charge in [-0.15, -0.1) is 0 Å². The lowest BCUT2D eigenvalue weighted by Crippen LogP contribution is -2.45. The maximum atomic E-state index is 12.4. The van der Waals surface area contributed by atoms with Gasteiger partial charge in [-0.3, -0.25) is 4.79 Å². The van der Waals surface area contributed by atoms with E-state index in [1.807, 2.05) is 12.2 Å². The van der Waals surface area contributed by atoms with Crippen LogP contribution < -0.4 is 0 Å². The van der Waals surface area contributed by atoms with E-state index >= 15 is 0 Å². The van der Waals surface area contributed by atoms with Gasteiger partial charge < -0.3 is 4.74 Å². The van der Waals surface area contributed by atoms with Gasteiger partial charge in [0.2, 0.25) is 5.72 Å². The molecule has 0 aromatic rings. The number of Topliss-reactive ketones (excluding diaryl/α,β-unsaturated/α-hetero) is 1. The molecule has 5 unspecified atom stereocenters. The van der Waals surface area contributed by atoms with Crippen molar-refractivity contribution >= 4 is 5.78 Å². The van der Waals surface area contributed by atoms with Crippen LogP contribution in [0.5, 0.6) is 0 Å². The molecule has 0 saturated heterocycles. The predicted octanol–water partition coefficient (Wildman–Crippen LogP) is 4.05. The van der Waals surface area contributed by atoms with E-state index in [1.54, 1.807) is 7.11 Å². The molecule has 4 rings (SSSR count). The molecule has 0 amide bonds. The zero-order chi connectivity index (χ0) is 16.2. The molecule has 0 bridgehead atoms. The first-order valence-electron chi connectivity index (χ1n) is 8.60. The zero-order valence-electron chi connectivity index (χ0n) is 13.8. The molecule has 0 aliphatic heterocycles. The van der Waals surface area contributed by atoms with Crippen LogP contribution >= 0.6 is 0 Å². The Balaban J connectivity index is 1.70. The fraction of sp³-hybridized carbons (Fsp3) is 0.632. The lowest BCUT2D eigenvalue weighted by atomic mass is 9.55. The third-order valence-corrected chi connectivity index (χ3v) is 6.87. The SMILES string of the molecule is COC1(N=N)C=CC2C(=C1)C=CC1C2CC[C@]2(C)C(=O)CCC12. The van der Waals surface area contributed by atoms with Gasteiger partial charge in [-0.1, -0.05) is 25.2 Å². The van der Waals surface area contributed by atoms with E-state index in [1.165, 1.54) is 5.57 Å². The number of carbonyl (C=O) groups is 1. The average Bonchev–Trinajstić information content (AvgIpc) is 2.89. The molecule has 2 fully saturated rings. The van der Waals surface area contributed by atoms with E-state index < -0.39 is 5.72 Å². The van der Waals surface area contributed by atoms with Crippen LogP contribution in [0.4, 0.5) is 0 Å². The molecule has 0 aromatic heterocycles. The number of allylic oxidation sites excluding steroid dienone is 4. The summed E-state index contributed by atoms with van der Waals surface area (Å²) in [5.41, 5.74) is 7.59. The molecule has 0 spiro atoms. The minimum Gasteiger partial charge on any atom is -0.349 e. The maximum absolute atomic E-state index is 12.4. The Kier molecular flexibility index (Phi) is 3.24. The van der Waals surface area contributed by atoms with Crippen molar-refractivity contribution in [3.8, 4) is 0 Å².